The fraction of sp³-hybridized carbons (Fsp3) is 0.400. The quantitative estimate of drug-likeness (QED) is 0.623. The molecule has 0 saturated carbocycles. The molecule has 26 heavy (non-hydrogen) atoms. The summed E-state index contributed by atoms with van der Waals surface area (Å²) in [5.74, 6) is 1.42. The standard InChI is InChI=1S/C20H23NO4S/c1-11-18(13(3)22)12(2)21-19(11)20(23)14(4)26-15-6-7-16-17(10-15)25-9-5-8-24-16/h6-7,10,14,21H,5,8-9H2,1-4H3/t14-/m1/s1. The topological polar surface area (TPSA) is 68.4 Å². The second kappa shape index (κ2) is 7.58. The zero-order valence-electron chi connectivity index (χ0n) is 15.5. The van der Waals surface area contributed by atoms with Crippen LogP contribution in [0.5, 0.6) is 11.5 Å². The first-order valence-electron chi connectivity index (χ1n) is 8.69. The Morgan fingerprint density at radius 2 is 1.85 bits per heavy atom. The van der Waals surface area contributed by atoms with Crippen LogP contribution in [0.25, 0.3) is 0 Å². The SMILES string of the molecule is CC(=O)c1c(C)[nH]c(C(=O)[C@@H](C)Sc2ccc3c(c2)OCCCO3)c1C. The molecule has 0 saturated heterocycles. The zero-order valence-corrected chi connectivity index (χ0v) is 16.3. The molecule has 1 N–H and O–H groups in total. The van der Waals surface area contributed by atoms with Crippen LogP contribution in [0.4, 0.5) is 0 Å². The second-order valence-corrected chi connectivity index (χ2v) is 7.88. The Bertz CT molecular complexity index is 856. The predicted octanol–water partition coefficient (Wildman–Crippen LogP) is 4.36. The Hall–Kier alpha value is -2.21. The predicted molar refractivity (Wildman–Crippen MR) is 102 cm³/mol. The molecule has 6 heteroatoms. The number of carbonyl (C=O) groups is 2. The summed E-state index contributed by atoms with van der Waals surface area (Å²) in [5, 5.41) is -0.295. The summed E-state index contributed by atoms with van der Waals surface area (Å²) in [5.41, 5.74) is 2.60. The minimum absolute atomic E-state index is 0.0183. The van der Waals surface area contributed by atoms with Crippen LogP contribution in [-0.2, 0) is 0 Å². The van der Waals surface area contributed by atoms with Crippen molar-refractivity contribution >= 4 is 23.3 Å². The monoisotopic (exact) mass is 373 g/mol. The first-order chi connectivity index (χ1) is 12.4. The van der Waals surface area contributed by atoms with E-state index in [1.807, 2.05) is 39.0 Å². The lowest BCUT2D eigenvalue weighted by molar-refractivity contribution is 0.0988. The van der Waals surface area contributed by atoms with Gasteiger partial charge < -0.3 is 14.5 Å². The van der Waals surface area contributed by atoms with Crippen LogP contribution >= 0.6 is 11.8 Å². The molecular formula is C20H23NO4S. The van der Waals surface area contributed by atoms with Crippen LogP contribution in [-0.4, -0.2) is 35.0 Å². The molecule has 1 aliphatic rings. The molecule has 0 bridgehead atoms. The summed E-state index contributed by atoms with van der Waals surface area (Å²) in [6, 6.07) is 5.75. The van der Waals surface area contributed by atoms with E-state index >= 15 is 0 Å². The Balaban J connectivity index is 1.79. The maximum atomic E-state index is 12.9. The number of aryl methyl sites for hydroxylation is 1. The number of ether oxygens (including phenoxy) is 2. The number of H-pyrrole nitrogens is 1. The number of thioether (sulfide) groups is 1. The van der Waals surface area contributed by atoms with E-state index in [1.54, 1.807) is 0 Å². The highest BCUT2D eigenvalue weighted by atomic mass is 32.2. The van der Waals surface area contributed by atoms with E-state index in [9.17, 15) is 9.59 Å². The van der Waals surface area contributed by atoms with Crippen LogP contribution in [0.1, 0.15) is 52.4 Å². The summed E-state index contributed by atoms with van der Waals surface area (Å²) < 4.78 is 11.4. The van der Waals surface area contributed by atoms with Crippen molar-refractivity contribution in [1.29, 1.82) is 0 Å². The third-order valence-corrected chi connectivity index (χ3v) is 5.53. The molecule has 1 aromatic heterocycles. The molecule has 1 atom stereocenters. The van der Waals surface area contributed by atoms with Crippen LogP contribution in [0, 0.1) is 13.8 Å². The lowest BCUT2D eigenvalue weighted by Gasteiger charge is -2.13. The molecule has 0 aliphatic carbocycles. The van der Waals surface area contributed by atoms with Gasteiger partial charge in [0.05, 0.1) is 24.2 Å². The molecule has 0 unspecified atom stereocenters. The maximum Gasteiger partial charge on any atom is 0.192 e. The molecule has 2 heterocycles. The highest BCUT2D eigenvalue weighted by Crippen LogP contribution is 2.36. The summed E-state index contributed by atoms with van der Waals surface area (Å²) in [7, 11) is 0. The van der Waals surface area contributed by atoms with Crippen LogP contribution in [0.3, 0.4) is 0 Å². The maximum absolute atomic E-state index is 12.9. The highest BCUT2D eigenvalue weighted by Gasteiger charge is 2.24. The first kappa shape index (κ1) is 18.6. The third kappa shape index (κ3) is 3.65. The van der Waals surface area contributed by atoms with Crippen molar-refractivity contribution in [3.63, 3.8) is 0 Å². The highest BCUT2D eigenvalue weighted by molar-refractivity contribution is 8.00. The number of carbonyl (C=O) groups excluding carboxylic acids is 2. The van der Waals surface area contributed by atoms with Crippen molar-refractivity contribution in [2.45, 2.75) is 44.3 Å². The van der Waals surface area contributed by atoms with Gasteiger partial charge in [-0.2, -0.15) is 0 Å². The number of aromatic amines is 1. The van der Waals surface area contributed by atoms with Crippen molar-refractivity contribution in [3.8, 4) is 11.5 Å². The fourth-order valence-corrected chi connectivity index (χ4v) is 4.16. The van der Waals surface area contributed by atoms with Crippen molar-refractivity contribution in [1.82, 2.24) is 4.98 Å². The fourth-order valence-electron chi connectivity index (χ4n) is 3.20. The van der Waals surface area contributed by atoms with Gasteiger partial charge in [-0.3, -0.25) is 9.59 Å². The van der Waals surface area contributed by atoms with E-state index in [0.717, 1.165) is 34.1 Å². The van der Waals surface area contributed by atoms with Gasteiger partial charge in [0.2, 0.25) is 0 Å². The zero-order chi connectivity index (χ0) is 18.8. The largest absolute Gasteiger partial charge is 0.490 e. The van der Waals surface area contributed by atoms with E-state index < -0.39 is 0 Å². The lowest BCUT2D eigenvalue weighted by atomic mass is 10.0. The lowest BCUT2D eigenvalue weighted by Crippen LogP contribution is -2.15. The molecule has 5 nitrogen and oxygen atoms in total. The van der Waals surface area contributed by atoms with Gasteiger partial charge >= 0.3 is 0 Å². The van der Waals surface area contributed by atoms with Crippen molar-refractivity contribution in [3.05, 3.63) is 40.7 Å². The summed E-state index contributed by atoms with van der Waals surface area (Å²) >= 11 is 1.47. The summed E-state index contributed by atoms with van der Waals surface area (Å²) in [4.78, 5) is 28.7. The Kier molecular flexibility index (Phi) is 5.41. The number of hydrogen-bond donors (Lipinski definition) is 1. The molecule has 0 spiro atoms. The number of aromatic nitrogens is 1. The molecule has 2 aromatic rings. The van der Waals surface area contributed by atoms with Gasteiger partial charge in [0, 0.05) is 22.6 Å². The van der Waals surface area contributed by atoms with Gasteiger partial charge in [0.25, 0.3) is 0 Å². The molecule has 1 aromatic carbocycles. The van der Waals surface area contributed by atoms with E-state index in [-0.39, 0.29) is 16.8 Å². The minimum atomic E-state index is -0.295. The normalized spacial score (nSPS) is 14.6. The van der Waals surface area contributed by atoms with Gasteiger partial charge in [-0.25, -0.2) is 0 Å². The van der Waals surface area contributed by atoms with Crippen molar-refractivity contribution < 1.29 is 19.1 Å². The van der Waals surface area contributed by atoms with E-state index in [0.29, 0.717) is 24.5 Å². The molecule has 0 radical (unpaired) electrons. The van der Waals surface area contributed by atoms with Gasteiger partial charge in [0.1, 0.15) is 0 Å². The molecule has 3 rings (SSSR count). The number of Topliss-reactive ketones (excluding diaryl/α,β-unsaturated/α-hetero) is 2. The van der Waals surface area contributed by atoms with Gasteiger partial charge in [-0.15, -0.1) is 11.8 Å². The van der Waals surface area contributed by atoms with Crippen molar-refractivity contribution in [2.75, 3.05) is 13.2 Å². The number of rotatable bonds is 5. The molecule has 0 amide bonds. The van der Waals surface area contributed by atoms with E-state index in [4.69, 9.17) is 9.47 Å². The first-order valence-corrected chi connectivity index (χ1v) is 9.57. The molecule has 1 aliphatic heterocycles. The number of hydrogen-bond acceptors (Lipinski definition) is 5. The number of nitrogens with one attached hydrogen (secondary N) is 1. The number of benzene rings is 1. The summed E-state index contributed by atoms with van der Waals surface area (Å²) in [6.07, 6.45) is 0.857. The number of fused-ring (bicyclic) bond motifs is 1. The van der Waals surface area contributed by atoms with Gasteiger partial charge in [-0.05, 0) is 51.5 Å². The van der Waals surface area contributed by atoms with E-state index in [1.165, 1.54) is 18.7 Å². The number of ketones is 2. The minimum Gasteiger partial charge on any atom is -0.490 e. The van der Waals surface area contributed by atoms with Crippen LogP contribution in [0.2, 0.25) is 0 Å². The smallest absolute Gasteiger partial charge is 0.192 e. The Morgan fingerprint density at radius 1 is 1.15 bits per heavy atom. The van der Waals surface area contributed by atoms with Crippen LogP contribution < -0.4 is 9.47 Å². The molecule has 138 valence electrons. The second-order valence-electron chi connectivity index (χ2n) is 6.46. The molecular weight excluding hydrogens is 350 g/mol. The third-order valence-electron chi connectivity index (χ3n) is 4.44. The average molecular weight is 373 g/mol. The van der Waals surface area contributed by atoms with Gasteiger partial charge in [-0.1, -0.05) is 0 Å². The summed E-state index contributed by atoms with van der Waals surface area (Å²) in [6.45, 7) is 8.32. The Labute approximate surface area is 157 Å². The average Bonchev–Trinajstić information content (AvgIpc) is 2.76. The Morgan fingerprint density at radius 3 is 2.50 bits per heavy atom. The van der Waals surface area contributed by atoms with E-state index in [2.05, 4.69) is 4.98 Å². The van der Waals surface area contributed by atoms with Crippen molar-refractivity contribution in [2.24, 2.45) is 0 Å². The molecule has 0 fully saturated rings. The van der Waals surface area contributed by atoms with Gasteiger partial charge in [0.15, 0.2) is 23.1 Å². The van der Waals surface area contributed by atoms with Crippen LogP contribution in [0.15, 0.2) is 23.1 Å².